The smallest absolute Gasteiger partial charge is 0.343 e. The van der Waals surface area contributed by atoms with Gasteiger partial charge in [-0.15, -0.1) is 0 Å². The number of rotatable bonds is 18. The molecule has 0 aliphatic heterocycles. The van der Waals surface area contributed by atoms with Gasteiger partial charge >= 0.3 is 17.9 Å². The zero-order valence-corrected chi connectivity index (χ0v) is 25.9. The molecule has 0 saturated heterocycles. The standard InChI is InChI=1S/C36H42O8/c1-26(2)34(37)42-24-12-10-8-6-5-7-9-11-23-41-32-22-17-29(25-33(32)40-4)36(39)44-31-20-15-28(16-21-31)35(38)43-30-18-13-27(3)14-19-30/h13-22,25H,1,5-12,23-24H2,2-4H3. The number of benzene rings is 3. The number of methoxy groups -OCH3 is 1. The Hall–Kier alpha value is -4.59. The van der Waals surface area contributed by atoms with Crippen LogP contribution in [0.25, 0.3) is 0 Å². The van der Waals surface area contributed by atoms with Crippen LogP contribution in [0, 0.1) is 6.92 Å². The minimum absolute atomic E-state index is 0.297. The predicted molar refractivity (Wildman–Crippen MR) is 169 cm³/mol. The highest BCUT2D eigenvalue weighted by Crippen LogP contribution is 2.29. The summed E-state index contributed by atoms with van der Waals surface area (Å²) in [5.41, 5.74) is 2.15. The summed E-state index contributed by atoms with van der Waals surface area (Å²) in [6.07, 6.45) is 8.48. The van der Waals surface area contributed by atoms with Crippen molar-refractivity contribution in [2.45, 2.75) is 65.2 Å². The normalized spacial score (nSPS) is 10.5. The summed E-state index contributed by atoms with van der Waals surface area (Å²) in [5.74, 6) is 0.387. The third-order valence-electron chi connectivity index (χ3n) is 6.81. The van der Waals surface area contributed by atoms with Gasteiger partial charge in [-0.05, 0) is 81.3 Å². The van der Waals surface area contributed by atoms with Crippen molar-refractivity contribution >= 4 is 17.9 Å². The van der Waals surface area contributed by atoms with Crippen molar-refractivity contribution in [3.05, 3.63) is 95.6 Å². The Bertz CT molecular complexity index is 1380. The molecule has 44 heavy (non-hydrogen) atoms. The topological polar surface area (TPSA) is 97.4 Å². The maximum atomic E-state index is 12.8. The van der Waals surface area contributed by atoms with Crippen molar-refractivity contribution in [3.8, 4) is 23.0 Å². The SMILES string of the molecule is C=C(C)C(=O)OCCCCCCCCCCOc1ccc(C(=O)Oc2ccc(C(=O)Oc3ccc(C)cc3)cc2)cc1OC. The van der Waals surface area contributed by atoms with Gasteiger partial charge in [0.2, 0.25) is 0 Å². The number of carbonyl (C=O) groups excluding carboxylic acids is 3. The van der Waals surface area contributed by atoms with Crippen LogP contribution >= 0.6 is 0 Å². The highest BCUT2D eigenvalue weighted by Gasteiger charge is 2.15. The van der Waals surface area contributed by atoms with E-state index >= 15 is 0 Å². The number of ether oxygens (including phenoxy) is 5. The van der Waals surface area contributed by atoms with Crippen LogP contribution in [0.2, 0.25) is 0 Å². The van der Waals surface area contributed by atoms with E-state index in [4.69, 9.17) is 23.7 Å². The third kappa shape index (κ3) is 11.6. The van der Waals surface area contributed by atoms with Gasteiger partial charge in [0.1, 0.15) is 11.5 Å². The van der Waals surface area contributed by atoms with E-state index < -0.39 is 11.9 Å². The van der Waals surface area contributed by atoms with Crippen LogP contribution in [0.1, 0.15) is 84.6 Å². The Kier molecular flexibility index (Phi) is 14.0. The molecular formula is C36H42O8. The second-order valence-electron chi connectivity index (χ2n) is 10.6. The first-order valence-electron chi connectivity index (χ1n) is 15.0. The summed E-state index contributed by atoms with van der Waals surface area (Å²) >= 11 is 0. The van der Waals surface area contributed by atoms with Gasteiger partial charge in [-0.3, -0.25) is 0 Å². The van der Waals surface area contributed by atoms with E-state index in [2.05, 4.69) is 6.58 Å². The van der Waals surface area contributed by atoms with E-state index in [-0.39, 0.29) is 5.97 Å². The molecule has 0 bridgehead atoms. The van der Waals surface area contributed by atoms with Crippen molar-refractivity contribution in [1.82, 2.24) is 0 Å². The fourth-order valence-corrected chi connectivity index (χ4v) is 4.25. The van der Waals surface area contributed by atoms with E-state index in [9.17, 15) is 14.4 Å². The van der Waals surface area contributed by atoms with Gasteiger partial charge in [-0.2, -0.15) is 0 Å². The molecule has 0 unspecified atom stereocenters. The summed E-state index contributed by atoms with van der Waals surface area (Å²) in [4.78, 5) is 36.5. The number of unbranched alkanes of at least 4 members (excludes halogenated alkanes) is 7. The molecule has 8 heteroatoms. The fourth-order valence-electron chi connectivity index (χ4n) is 4.25. The molecule has 0 aliphatic carbocycles. The molecule has 0 N–H and O–H groups in total. The lowest BCUT2D eigenvalue weighted by Crippen LogP contribution is -2.10. The van der Waals surface area contributed by atoms with Crippen molar-refractivity contribution < 1.29 is 38.1 Å². The van der Waals surface area contributed by atoms with Crippen LogP contribution in [-0.4, -0.2) is 38.2 Å². The lowest BCUT2D eigenvalue weighted by molar-refractivity contribution is -0.139. The molecule has 0 heterocycles. The molecule has 0 amide bonds. The van der Waals surface area contributed by atoms with Gasteiger partial charge in [-0.25, -0.2) is 14.4 Å². The number of aryl methyl sites for hydroxylation is 1. The van der Waals surface area contributed by atoms with E-state index in [0.29, 0.717) is 52.9 Å². The number of carbonyl (C=O) groups is 3. The van der Waals surface area contributed by atoms with Crippen LogP contribution < -0.4 is 18.9 Å². The molecule has 0 saturated carbocycles. The van der Waals surface area contributed by atoms with Gasteiger partial charge in [0.25, 0.3) is 0 Å². The maximum absolute atomic E-state index is 12.8. The monoisotopic (exact) mass is 602 g/mol. The highest BCUT2D eigenvalue weighted by atomic mass is 16.5. The second-order valence-corrected chi connectivity index (χ2v) is 10.6. The van der Waals surface area contributed by atoms with Crippen molar-refractivity contribution in [2.75, 3.05) is 20.3 Å². The van der Waals surface area contributed by atoms with Crippen molar-refractivity contribution in [3.63, 3.8) is 0 Å². The van der Waals surface area contributed by atoms with Gasteiger partial charge in [0, 0.05) is 5.57 Å². The first-order chi connectivity index (χ1) is 21.3. The molecule has 3 aromatic rings. The first-order valence-corrected chi connectivity index (χ1v) is 15.0. The van der Waals surface area contributed by atoms with Gasteiger partial charge in [-0.1, -0.05) is 62.8 Å². The van der Waals surface area contributed by atoms with Gasteiger partial charge < -0.3 is 23.7 Å². The van der Waals surface area contributed by atoms with Crippen molar-refractivity contribution in [1.29, 1.82) is 0 Å². The minimum atomic E-state index is -0.558. The zero-order chi connectivity index (χ0) is 31.7. The zero-order valence-electron chi connectivity index (χ0n) is 25.9. The number of hydrogen-bond acceptors (Lipinski definition) is 8. The molecule has 0 aliphatic rings. The molecule has 0 aromatic heterocycles. The Labute approximate surface area is 259 Å². The van der Waals surface area contributed by atoms with E-state index in [1.165, 1.54) is 7.11 Å². The van der Waals surface area contributed by atoms with Crippen LogP contribution in [0.5, 0.6) is 23.0 Å². The van der Waals surface area contributed by atoms with Crippen LogP contribution in [0.3, 0.4) is 0 Å². The third-order valence-corrected chi connectivity index (χ3v) is 6.81. The Morgan fingerprint density at radius 2 is 1.14 bits per heavy atom. The van der Waals surface area contributed by atoms with Crippen LogP contribution in [0.4, 0.5) is 0 Å². The Balaban J connectivity index is 1.34. The lowest BCUT2D eigenvalue weighted by Gasteiger charge is -2.12. The highest BCUT2D eigenvalue weighted by molar-refractivity contribution is 5.93. The average Bonchev–Trinajstić information content (AvgIpc) is 3.02. The maximum Gasteiger partial charge on any atom is 0.343 e. The van der Waals surface area contributed by atoms with E-state index in [1.54, 1.807) is 61.5 Å². The van der Waals surface area contributed by atoms with Gasteiger partial charge in [0.05, 0.1) is 31.5 Å². The van der Waals surface area contributed by atoms with E-state index in [0.717, 1.165) is 56.9 Å². The summed E-state index contributed by atoms with van der Waals surface area (Å²) in [7, 11) is 1.52. The quantitative estimate of drug-likeness (QED) is 0.0624. The van der Waals surface area contributed by atoms with Crippen LogP contribution in [-0.2, 0) is 9.53 Å². The molecule has 0 spiro atoms. The Morgan fingerprint density at radius 1 is 0.636 bits per heavy atom. The van der Waals surface area contributed by atoms with Crippen LogP contribution in [0.15, 0.2) is 78.9 Å². The minimum Gasteiger partial charge on any atom is -0.493 e. The molecule has 3 aromatic carbocycles. The second kappa shape index (κ2) is 18.2. The largest absolute Gasteiger partial charge is 0.493 e. The summed E-state index contributed by atoms with van der Waals surface area (Å²) < 4.78 is 27.3. The fraction of sp³-hybridized carbons (Fsp3) is 0.361. The molecule has 0 atom stereocenters. The first kappa shape index (κ1) is 33.9. The summed E-state index contributed by atoms with van der Waals surface area (Å²) in [5, 5.41) is 0. The summed E-state index contributed by atoms with van der Waals surface area (Å²) in [6.45, 7) is 8.18. The molecule has 8 nitrogen and oxygen atoms in total. The molecule has 234 valence electrons. The molecule has 0 radical (unpaired) electrons. The van der Waals surface area contributed by atoms with Crippen molar-refractivity contribution in [2.24, 2.45) is 0 Å². The molecule has 0 fully saturated rings. The molecular weight excluding hydrogens is 560 g/mol. The predicted octanol–water partition coefficient (Wildman–Crippen LogP) is 8.06. The average molecular weight is 603 g/mol. The lowest BCUT2D eigenvalue weighted by atomic mass is 10.1. The number of hydrogen-bond donors (Lipinski definition) is 0. The Morgan fingerprint density at radius 3 is 1.70 bits per heavy atom. The molecule has 3 rings (SSSR count). The summed E-state index contributed by atoms with van der Waals surface area (Å²) in [6, 6.07) is 18.3. The van der Waals surface area contributed by atoms with Gasteiger partial charge in [0.15, 0.2) is 11.5 Å². The number of esters is 3. The van der Waals surface area contributed by atoms with E-state index in [1.807, 2.05) is 19.1 Å².